The maximum atomic E-state index is 10.7. The van der Waals surface area contributed by atoms with Crippen LogP contribution in [0, 0.1) is 17.0 Å². The molecule has 0 aliphatic rings. The third-order valence-electron chi connectivity index (χ3n) is 2.44. The van der Waals surface area contributed by atoms with Crippen LogP contribution >= 0.6 is 11.6 Å². The Morgan fingerprint density at radius 2 is 2.33 bits per heavy atom. The number of rotatable bonds is 4. The lowest BCUT2D eigenvalue weighted by Gasteiger charge is -2.08. The second-order valence-corrected chi connectivity index (χ2v) is 4.13. The van der Waals surface area contributed by atoms with Crippen LogP contribution in [0.5, 0.6) is 0 Å². The smallest absolute Gasteiger partial charge is 0.288 e. The molecule has 0 atom stereocenters. The average molecular weight is 268 g/mol. The van der Waals surface area contributed by atoms with Crippen LogP contribution in [-0.2, 0) is 6.54 Å². The van der Waals surface area contributed by atoms with Gasteiger partial charge in [0, 0.05) is 17.8 Å². The minimum absolute atomic E-state index is 0.0962. The Kier molecular flexibility index (Phi) is 3.47. The van der Waals surface area contributed by atoms with Gasteiger partial charge in [-0.05, 0) is 18.6 Å². The summed E-state index contributed by atoms with van der Waals surface area (Å²) in [7, 11) is 0. The molecule has 0 unspecified atom stereocenters. The third-order valence-corrected chi connectivity index (χ3v) is 2.74. The molecule has 1 aromatic carbocycles. The summed E-state index contributed by atoms with van der Waals surface area (Å²) in [6.45, 7) is 2.24. The summed E-state index contributed by atoms with van der Waals surface area (Å²) < 4.78 is 4.70. The zero-order chi connectivity index (χ0) is 13.1. The molecule has 0 aliphatic carbocycles. The van der Waals surface area contributed by atoms with Gasteiger partial charge in [0.25, 0.3) is 5.69 Å². The van der Waals surface area contributed by atoms with Crippen LogP contribution in [0.3, 0.4) is 0 Å². The van der Waals surface area contributed by atoms with E-state index in [1.165, 1.54) is 18.4 Å². The van der Waals surface area contributed by atoms with Crippen LogP contribution in [0.4, 0.5) is 11.4 Å². The predicted molar refractivity (Wildman–Crippen MR) is 66.7 cm³/mol. The molecule has 0 amide bonds. The molecule has 94 valence electrons. The summed E-state index contributed by atoms with van der Waals surface area (Å²) >= 11 is 5.84. The van der Waals surface area contributed by atoms with Crippen molar-refractivity contribution in [2.45, 2.75) is 13.5 Å². The van der Waals surface area contributed by atoms with E-state index in [1.807, 2.05) is 0 Å². The number of nitrogens with one attached hydrogen (secondary N) is 1. The lowest BCUT2D eigenvalue weighted by molar-refractivity contribution is -0.384. The van der Waals surface area contributed by atoms with E-state index < -0.39 is 4.92 Å². The Morgan fingerprint density at radius 3 is 2.94 bits per heavy atom. The predicted octanol–water partition coefficient (Wildman–Crippen LogP) is 3.16. The summed E-state index contributed by atoms with van der Waals surface area (Å²) in [5, 5.41) is 17.7. The molecular weight excluding hydrogens is 258 g/mol. The average Bonchev–Trinajstić information content (AvgIpc) is 2.82. The molecule has 2 rings (SSSR count). The van der Waals surface area contributed by atoms with Crippen LogP contribution in [0.2, 0.25) is 5.02 Å². The monoisotopic (exact) mass is 267 g/mol. The van der Waals surface area contributed by atoms with Crippen molar-refractivity contribution in [2.75, 3.05) is 5.32 Å². The first-order valence-corrected chi connectivity index (χ1v) is 5.53. The molecule has 1 N–H and O–H groups in total. The summed E-state index contributed by atoms with van der Waals surface area (Å²) in [4.78, 5) is 10.2. The number of anilines is 1. The van der Waals surface area contributed by atoms with Crippen LogP contribution in [0.15, 0.2) is 29.0 Å². The van der Waals surface area contributed by atoms with E-state index in [1.54, 1.807) is 13.0 Å². The molecule has 0 bridgehead atoms. The van der Waals surface area contributed by atoms with Crippen molar-refractivity contribution in [3.63, 3.8) is 0 Å². The highest BCUT2D eigenvalue weighted by Crippen LogP contribution is 2.30. The molecule has 7 heteroatoms. The summed E-state index contributed by atoms with van der Waals surface area (Å²) in [6, 6.07) is 4.71. The van der Waals surface area contributed by atoms with Gasteiger partial charge in [0.15, 0.2) is 0 Å². The third kappa shape index (κ3) is 2.60. The maximum Gasteiger partial charge on any atom is 0.288 e. The second-order valence-electron chi connectivity index (χ2n) is 3.72. The van der Waals surface area contributed by atoms with Gasteiger partial charge in [-0.3, -0.25) is 10.1 Å². The van der Waals surface area contributed by atoms with E-state index in [0.717, 1.165) is 16.9 Å². The zero-order valence-corrected chi connectivity index (χ0v) is 10.3. The molecule has 6 nitrogen and oxygen atoms in total. The van der Waals surface area contributed by atoms with Crippen molar-refractivity contribution in [1.29, 1.82) is 0 Å². The van der Waals surface area contributed by atoms with E-state index in [0.29, 0.717) is 6.54 Å². The highest BCUT2D eigenvalue weighted by molar-refractivity contribution is 6.33. The molecule has 1 heterocycles. The Labute approximate surface area is 108 Å². The van der Waals surface area contributed by atoms with Gasteiger partial charge < -0.3 is 9.84 Å². The number of hydrogen-bond donors (Lipinski definition) is 1. The van der Waals surface area contributed by atoms with Crippen molar-refractivity contribution >= 4 is 23.0 Å². The van der Waals surface area contributed by atoms with Crippen molar-refractivity contribution < 1.29 is 9.45 Å². The van der Waals surface area contributed by atoms with Gasteiger partial charge in [-0.25, -0.2) is 0 Å². The van der Waals surface area contributed by atoms with Crippen molar-refractivity contribution in [2.24, 2.45) is 0 Å². The number of aryl methyl sites for hydroxylation is 1. The van der Waals surface area contributed by atoms with Gasteiger partial charge in [-0.1, -0.05) is 16.8 Å². The summed E-state index contributed by atoms with van der Waals surface area (Å²) in [5.74, 6) is 0. The highest BCUT2D eigenvalue weighted by atomic mass is 35.5. The fourth-order valence-electron chi connectivity index (χ4n) is 1.51. The molecule has 0 aliphatic heterocycles. The topological polar surface area (TPSA) is 81.2 Å². The lowest BCUT2D eigenvalue weighted by Crippen LogP contribution is -2.02. The second kappa shape index (κ2) is 5.05. The summed E-state index contributed by atoms with van der Waals surface area (Å²) in [5.41, 5.74) is 2.12. The molecule has 18 heavy (non-hydrogen) atoms. The van der Waals surface area contributed by atoms with E-state index in [2.05, 4.69) is 10.5 Å². The molecule has 0 spiro atoms. The van der Waals surface area contributed by atoms with Crippen LogP contribution in [0.1, 0.15) is 11.3 Å². The van der Waals surface area contributed by atoms with Gasteiger partial charge in [0.1, 0.15) is 17.0 Å². The van der Waals surface area contributed by atoms with E-state index >= 15 is 0 Å². The fraction of sp³-hybridized carbons (Fsp3) is 0.182. The molecule has 2 aromatic rings. The van der Waals surface area contributed by atoms with Crippen molar-refractivity contribution in [1.82, 2.24) is 5.16 Å². The number of benzene rings is 1. The SMILES string of the molecule is Cc1cc([N+](=O)[O-])c(Cl)cc1NCc1ccon1. The van der Waals surface area contributed by atoms with Crippen molar-refractivity contribution in [3.8, 4) is 0 Å². The molecular formula is C11H10ClN3O3. The number of nitro benzene ring substituents is 1. The first kappa shape index (κ1) is 12.4. The van der Waals surface area contributed by atoms with Gasteiger partial charge in [0.2, 0.25) is 0 Å². The van der Waals surface area contributed by atoms with Crippen LogP contribution < -0.4 is 5.32 Å². The normalized spacial score (nSPS) is 10.3. The van der Waals surface area contributed by atoms with Gasteiger partial charge in [-0.15, -0.1) is 0 Å². The minimum atomic E-state index is -0.503. The van der Waals surface area contributed by atoms with Gasteiger partial charge in [0.05, 0.1) is 11.5 Å². The van der Waals surface area contributed by atoms with Crippen LogP contribution in [-0.4, -0.2) is 10.1 Å². The molecule has 0 fully saturated rings. The lowest BCUT2D eigenvalue weighted by atomic mass is 10.1. The van der Waals surface area contributed by atoms with E-state index in [9.17, 15) is 10.1 Å². The van der Waals surface area contributed by atoms with E-state index in [4.69, 9.17) is 16.1 Å². The molecule has 0 saturated heterocycles. The Bertz CT molecular complexity index is 569. The highest BCUT2D eigenvalue weighted by Gasteiger charge is 2.14. The van der Waals surface area contributed by atoms with Gasteiger partial charge in [-0.2, -0.15) is 0 Å². The number of halogens is 1. The Morgan fingerprint density at radius 1 is 1.56 bits per heavy atom. The first-order chi connectivity index (χ1) is 8.58. The zero-order valence-electron chi connectivity index (χ0n) is 9.51. The molecule has 0 saturated carbocycles. The Hall–Kier alpha value is -2.08. The Balaban J connectivity index is 2.19. The number of hydrogen-bond acceptors (Lipinski definition) is 5. The number of nitro groups is 1. The van der Waals surface area contributed by atoms with Crippen molar-refractivity contribution in [3.05, 3.63) is 50.9 Å². The fourth-order valence-corrected chi connectivity index (χ4v) is 1.74. The van der Waals surface area contributed by atoms with Crippen LogP contribution in [0.25, 0.3) is 0 Å². The standard InChI is InChI=1S/C11H10ClN3O3/c1-7-4-11(15(16)17)9(12)5-10(7)13-6-8-2-3-18-14-8/h2-5,13H,6H2,1H3. The number of aromatic nitrogens is 1. The largest absolute Gasteiger partial charge is 0.379 e. The minimum Gasteiger partial charge on any atom is -0.379 e. The van der Waals surface area contributed by atoms with E-state index in [-0.39, 0.29) is 10.7 Å². The first-order valence-electron chi connectivity index (χ1n) is 5.15. The molecule has 0 radical (unpaired) electrons. The number of nitrogens with zero attached hydrogens (tertiary/aromatic N) is 2. The van der Waals surface area contributed by atoms with Gasteiger partial charge >= 0.3 is 0 Å². The maximum absolute atomic E-state index is 10.7. The summed E-state index contributed by atoms with van der Waals surface area (Å²) in [6.07, 6.45) is 1.48. The quantitative estimate of drug-likeness (QED) is 0.680. The molecule has 1 aromatic heterocycles.